The van der Waals surface area contributed by atoms with Crippen LogP contribution in [0.4, 0.5) is 0 Å². The predicted octanol–water partition coefficient (Wildman–Crippen LogP) is 2.67. The van der Waals surface area contributed by atoms with Crippen LogP contribution < -0.4 is 5.90 Å². The highest BCUT2D eigenvalue weighted by molar-refractivity contribution is 7.99. The predicted molar refractivity (Wildman–Crippen MR) is 110 cm³/mol. The average molecular weight is 405 g/mol. The van der Waals surface area contributed by atoms with Crippen LogP contribution in [-0.4, -0.2) is 46.7 Å². The summed E-state index contributed by atoms with van der Waals surface area (Å²) in [5.41, 5.74) is 0.989. The van der Waals surface area contributed by atoms with Crippen molar-refractivity contribution in [3.05, 3.63) is 48.0 Å². The molecule has 0 radical (unpaired) electrons. The smallest absolute Gasteiger partial charge is 0.324 e. The van der Waals surface area contributed by atoms with Gasteiger partial charge in [0, 0.05) is 31.6 Å². The van der Waals surface area contributed by atoms with Crippen LogP contribution in [0, 0.1) is 0 Å². The van der Waals surface area contributed by atoms with Gasteiger partial charge in [0.1, 0.15) is 0 Å². The van der Waals surface area contributed by atoms with E-state index < -0.39 is 5.97 Å². The summed E-state index contributed by atoms with van der Waals surface area (Å²) in [6.07, 6.45) is 7.18. The third-order valence-corrected chi connectivity index (χ3v) is 5.66. The van der Waals surface area contributed by atoms with E-state index in [-0.39, 0.29) is 17.7 Å². The molecule has 0 unspecified atom stereocenters. The van der Waals surface area contributed by atoms with Gasteiger partial charge in [-0.3, -0.25) is 14.4 Å². The van der Waals surface area contributed by atoms with Gasteiger partial charge in [-0.25, -0.2) is 0 Å². The quantitative estimate of drug-likeness (QED) is 0.346. The van der Waals surface area contributed by atoms with Crippen LogP contribution in [0.15, 0.2) is 42.5 Å². The highest BCUT2D eigenvalue weighted by atomic mass is 32.2. The molecule has 0 bridgehead atoms. The van der Waals surface area contributed by atoms with Gasteiger partial charge in [-0.2, -0.15) is 17.7 Å². The number of carbonyl (C=O) groups is 3. The van der Waals surface area contributed by atoms with Crippen LogP contribution in [-0.2, 0) is 25.6 Å². The first kappa shape index (κ1) is 22.2. The zero-order valence-corrected chi connectivity index (χ0v) is 16.9. The van der Waals surface area contributed by atoms with Crippen molar-refractivity contribution in [2.24, 2.45) is 5.90 Å². The summed E-state index contributed by atoms with van der Waals surface area (Å²) >= 11 is 1.70. The Morgan fingerprint density at radius 2 is 2.04 bits per heavy atom. The second-order valence-corrected chi connectivity index (χ2v) is 7.97. The van der Waals surface area contributed by atoms with Crippen LogP contribution in [0.1, 0.15) is 37.7 Å². The van der Waals surface area contributed by atoms with Crippen molar-refractivity contribution in [2.45, 2.75) is 44.6 Å². The van der Waals surface area contributed by atoms with Gasteiger partial charge in [0.25, 0.3) is 0 Å². The largest absolute Gasteiger partial charge is 0.373 e. The van der Waals surface area contributed by atoms with Crippen LogP contribution in [0.5, 0.6) is 0 Å². The summed E-state index contributed by atoms with van der Waals surface area (Å²) in [4.78, 5) is 41.5. The lowest BCUT2D eigenvalue weighted by Gasteiger charge is -2.34. The number of hydrogen-bond donors (Lipinski definition) is 1. The molecule has 0 spiro atoms. The number of hydrogen-bond acceptors (Lipinski definition) is 6. The fraction of sp³-hybridized carbons (Fsp3) is 0.476. The number of nitrogens with two attached hydrogens (primary N) is 1. The van der Waals surface area contributed by atoms with Gasteiger partial charge in [-0.15, -0.1) is 0 Å². The summed E-state index contributed by atoms with van der Waals surface area (Å²) < 4.78 is 0. The standard InChI is InChI=1S/C21H28N2O4S/c22-27-21(26)10-5-14-28-15-13-23-18(8-4-9-20(23)25)11-12-19(24)16-17-6-2-1-3-7-17/h1-3,6-7,11-12,18H,4-5,8-10,13-16,22H2/t18-/m1/s1. The van der Waals surface area contributed by atoms with Crippen molar-refractivity contribution in [3.8, 4) is 0 Å². The Morgan fingerprint density at radius 3 is 2.79 bits per heavy atom. The Hall–Kier alpha value is -2.12. The first-order valence-electron chi connectivity index (χ1n) is 9.62. The van der Waals surface area contributed by atoms with Crippen molar-refractivity contribution >= 4 is 29.4 Å². The van der Waals surface area contributed by atoms with E-state index in [1.807, 2.05) is 41.3 Å². The number of piperidine rings is 1. The molecule has 1 atom stereocenters. The van der Waals surface area contributed by atoms with Crippen LogP contribution >= 0.6 is 11.8 Å². The average Bonchev–Trinajstić information content (AvgIpc) is 2.70. The molecule has 1 aromatic carbocycles. The van der Waals surface area contributed by atoms with Crippen molar-refractivity contribution in [2.75, 3.05) is 18.1 Å². The van der Waals surface area contributed by atoms with Crippen molar-refractivity contribution in [1.82, 2.24) is 4.90 Å². The van der Waals surface area contributed by atoms with Crippen molar-refractivity contribution in [3.63, 3.8) is 0 Å². The molecule has 0 aromatic heterocycles. The third kappa shape index (κ3) is 7.86. The van der Waals surface area contributed by atoms with E-state index in [1.165, 1.54) is 0 Å². The summed E-state index contributed by atoms with van der Waals surface area (Å²) in [5.74, 6) is 6.20. The summed E-state index contributed by atoms with van der Waals surface area (Å²) in [6.45, 7) is 0.646. The molecule has 1 aromatic rings. The molecule has 1 saturated heterocycles. The Kier molecular flexibility index (Phi) is 9.79. The fourth-order valence-electron chi connectivity index (χ4n) is 3.15. The van der Waals surface area contributed by atoms with E-state index in [4.69, 9.17) is 5.90 Å². The minimum atomic E-state index is -0.405. The maximum Gasteiger partial charge on any atom is 0.324 e. The van der Waals surface area contributed by atoms with E-state index in [1.54, 1.807) is 17.8 Å². The molecule has 7 heteroatoms. The van der Waals surface area contributed by atoms with Gasteiger partial charge in [-0.05, 0) is 36.7 Å². The van der Waals surface area contributed by atoms with E-state index >= 15 is 0 Å². The van der Waals surface area contributed by atoms with Gasteiger partial charge in [0.05, 0.1) is 6.04 Å². The monoisotopic (exact) mass is 404 g/mol. The van der Waals surface area contributed by atoms with Gasteiger partial charge < -0.3 is 9.74 Å². The number of likely N-dealkylation sites (tertiary alicyclic amines) is 1. The molecule has 1 aliphatic heterocycles. The molecule has 0 aliphatic carbocycles. The van der Waals surface area contributed by atoms with Gasteiger partial charge in [0.15, 0.2) is 5.78 Å². The van der Waals surface area contributed by atoms with Crippen LogP contribution in [0.2, 0.25) is 0 Å². The Balaban J connectivity index is 1.78. The molecule has 0 saturated carbocycles. The lowest BCUT2D eigenvalue weighted by Crippen LogP contribution is -2.43. The van der Waals surface area contributed by atoms with E-state index in [2.05, 4.69) is 4.84 Å². The molecule has 152 valence electrons. The molecule has 1 fully saturated rings. The van der Waals surface area contributed by atoms with E-state index in [9.17, 15) is 14.4 Å². The number of rotatable bonds is 11. The minimum Gasteiger partial charge on any atom is -0.373 e. The van der Waals surface area contributed by atoms with Gasteiger partial charge in [0.2, 0.25) is 5.91 Å². The Labute approximate surface area is 170 Å². The van der Waals surface area contributed by atoms with E-state index in [0.717, 1.165) is 29.9 Å². The van der Waals surface area contributed by atoms with Crippen LogP contribution in [0.3, 0.4) is 0 Å². The topological polar surface area (TPSA) is 89.7 Å². The number of benzene rings is 1. The van der Waals surface area contributed by atoms with Crippen molar-refractivity contribution in [1.29, 1.82) is 0 Å². The number of thioether (sulfide) groups is 1. The first-order chi connectivity index (χ1) is 13.6. The second-order valence-electron chi connectivity index (χ2n) is 6.74. The number of nitrogens with zero attached hydrogens (tertiary/aromatic N) is 1. The number of ketones is 1. The van der Waals surface area contributed by atoms with Crippen molar-refractivity contribution < 1.29 is 19.2 Å². The highest BCUT2D eigenvalue weighted by Crippen LogP contribution is 2.20. The molecule has 1 aliphatic rings. The number of amides is 1. The summed E-state index contributed by atoms with van der Waals surface area (Å²) in [6, 6.07) is 9.62. The SMILES string of the molecule is NOC(=O)CCCSCCN1C(=O)CCC[C@@H]1C=CC(=O)Cc1ccccc1. The molecule has 2 N–H and O–H groups in total. The van der Waals surface area contributed by atoms with Crippen LogP contribution in [0.25, 0.3) is 0 Å². The van der Waals surface area contributed by atoms with Gasteiger partial charge in [-0.1, -0.05) is 36.4 Å². The van der Waals surface area contributed by atoms with E-state index in [0.29, 0.717) is 32.2 Å². The second kappa shape index (κ2) is 12.4. The molecule has 1 amide bonds. The molecule has 1 heterocycles. The molecule has 2 rings (SSSR count). The fourth-order valence-corrected chi connectivity index (χ4v) is 4.03. The molecular weight excluding hydrogens is 376 g/mol. The minimum absolute atomic E-state index is 0.0196. The normalized spacial score (nSPS) is 17.1. The maximum absolute atomic E-state index is 12.3. The summed E-state index contributed by atoms with van der Waals surface area (Å²) in [7, 11) is 0. The Bertz CT molecular complexity index is 678. The Morgan fingerprint density at radius 1 is 1.25 bits per heavy atom. The number of carbonyl (C=O) groups excluding carboxylic acids is 3. The lowest BCUT2D eigenvalue weighted by molar-refractivity contribution is -0.144. The summed E-state index contributed by atoms with van der Waals surface area (Å²) in [5, 5.41) is 0. The van der Waals surface area contributed by atoms with Gasteiger partial charge >= 0.3 is 5.97 Å². The first-order valence-corrected chi connectivity index (χ1v) is 10.8. The lowest BCUT2D eigenvalue weighted by atomic mass is 10.00. The molecular formula is C21H28N2O4S. The number of allylic oxidation sites excluding steroid dienone is 1. The zero-order chi connectivity index (χ0) is 20.2. The third-order valence-electron chi connectivity index (χ3n) is 4.61. The maximum atomic E-state index is 12.3. The molecule has 6 nitrogen and oxygen atoms in total. The highest BCUT2D eigenvalue weighted by Gasteiger charge is 2.25. The molecule has 28 heavy (non-hydrogen) atoms. The zero-order valence-electron chi connectivity index (χ0n) is 16.0.